The Morgan fingerprint density at radius 3 is 1.53 bits per heavy atom. The van der Waals surface area contributed by atoms with Crippen molar-refractivity contribution in [1.29, 1.82) is 0 Å². The van der Waals surface area contributed by atoms with Gasteiger partial charge in [-0.15, -0.1) is 0 Å². The highest BCUT2D eigenvalue weighted by molar-refractivity contribution is 7.86. The molecule has 1 rings (SSSR count). The van der Waals surface area contributed by atoms with E-state index in [-0.39, 0.29) is 0 Å². The lowest BCUT2D eigenvalue weighted by atomic mass is 10.2. The Morgan fingerprint density at radius 2 is 1.29 bits per heavy atom. The number of benzene rings is 1. The Balaban J connectivity index is 3.68. The van der Waals surface area contributed by atoms with Crippen LogP contribution in [0.4, 0.5) is 0 Å². The van der Waals surface area contributed by atoms with E-state index in [4.69, 9.17) is 14.8 Å². The molecular formula is C7H7NO7S2. The third-order valence-electron chi connectivity index (χ3n) is 1.76. The molecule has 0 spiro atoms. The molecular weight excluding hydrogens is 274 g/mol. The van der Waals surface area contributed by atoms with Crippen LogP contribution < -0.4 is 5.73 Å². The van der Waals surface area contributed by atoms with Crippen LogP contribution in [0.5, 0.6) is 0 Å². The van der Waals surface area contributed by atoms with Crippen molar-refractivity contribution in [3.05, 3.63) is 23.8 Å². The van der Waals surface area contributed by atoms with E-state index < -0.39 is 41.5 Å². The summed E-state index contributed by atoms with van der Waals surface area (Å²) in [6, 6.07) is 1.87. The number of hydrogen-bond donors (Lipinski definition) is 3. The number of primary amides is 1. The Hall–Kier alpha value is -1.49. The highest BCUT2D eigenvalue weighted by atomic mass is 32.2. The number of hydrogen-bond acceptors (Lipinski definition) is 5. The maximum atomic E-state index is 10.8. The van der Waals surface area contributed by atoms with Gasteiger partial charge in [0.05, 0.1) is 9.79 Å². The van der Waals surface area contributed by atoms with Crippen molar-refractivity contribution in [1.82, 2.24) is 0 Å². The maximum Gasteiger partial charge on any atom is 0.294 e. The second kappa shape index (κ2) is 4.07. The summed E-state index contributed by atoms with van der Waals surface area (Å²) in [7, 11) is -9.45. The molecule has 0 aliphatic rings. The van der Waals surface area contributed by atoms with Gasteiger partial charge in [0.15, 0.2) is 0 Å². The van der Waals surface area contributed by atoms with Crippen LogP contribution in [0, 0.1) is 0 Å². The summed E-state index contributed by atoms with van der Waals surface area (Å²) in [6.07, 6.45) is 0. The normalized spacial score (nSPS) is 12.4. The fraction of sp³-hybridized carbons (Fsp3) is 0. The second-order valence-electron chi connectivity index (χ2n) is 3.01. The summed E-state index contributed by atoms with van der Waals surface area (Å²) >= 11 is 0. The van der Waals surface area contributed by atoms with Gasteiger partial charge in [-0.05, 0) is 18.2 Å². The van der Waals surface area contributed by atoms with Crippen molar-refractivity contribution in [3.8, 4) is 0 Å². The molecule has 94 valence electrons. The quantitative estimate of drug-likeness (QED) is 0.618. The van der Waals surface area contributed by atoms with Crippen LogP contribution in [-0.2, 0) is 20.2 Å². The van der Waals surface area contributed by atoms with Crippen LogP contribution in [0.15, 0.2) is 28.0 Å². The lowest BCUT2D eigenvalue weighted by Gasteiger charge is -2.03. The first kappa shape index (κ1) is 13.6. The van der Waals surface area contributed by atoms with Gasteiger partial charge in [-0.1, -0.05) is 0 Å². The number of rotatable bonds is 3. The number of nitrogens with two attached hydrogens (primary N) is 1. The first-order chi connectivity index (χ1) is 7.51. The summed E-state index contributed by atoms with van der Waals surface area (Å²) in [5.41, 5.74) is 4.37. The minimum absolute atomic E-state index is 0.479. The number of carbonyl (C=O) groups is 1. The predicted octanol–water partition coefficient (Wildman–Crippen LogP) is -0.721. The molecule has 1 amide bonds. The van der Waals surface area contributed by atoms with Crippen molar-refractivity contribution < 1.29 is 30.7 Å². The summed E-state index contributed by atoms with van der Waals surface area (Å²) in [5, 5.41) is 0. The largest absolute Gasteiger partial charge is 0.366 e. The Labute approximate surface area is 96.6 Å². The molecule has 0 bridgehead atoms. The molecule has 0 radical (unpaired) electrons. The van der Waals surface area contributed by atoms with Crippen LogP contribution in [0.2, 0.25) is 0 Å². The minimum atomic E-state index is -4.72. The number of amides is 1. The fourth-order valence-corrected chi connectivity index (χ4v) is 2.19. The van der Waals surface area contributed by atoms with Gasteiger partial charge >= 0.3 is 0 Å². The van der Waals surface area contributed by atoms with Crippen molar-refractivity contribution in [3.63, 3.8) is 0 Å². The summed E-state index contributed by atoms with van der Waals surface area (Å²) in [5.74, 6) is -1.11. The Bertz CT molecular complexity index is 624. The van der Waals surface area contributed by atoms with E-state index in [9.17, 15) is 21.6 Å². The number of carbonyl (C=O) groups excluding carboxylic acids is 1. The zero-order valence-corrected chi connectivity index (χ0v) is 9.69. The lowest BCUT2D eigenvalue weighted by molar-refractivity contribution is 0.1000. The van der Waals surface area contributed by atoms with Gasteiger partial charge in [-0.2, -0.15) is 16.8 Å². The van der Waals surface area contributed by atoms with Crippen molar-refractivity contribution in [2.75, 3.05) is 0 Å². The summed E-state index contributed by atoms with van der Waals surface area (Å²) in [6.45, 7) is 0. The first-order valence-corrected chi connectivity index (χ1v) is 6.80. The SMILES string of the molecule is NC(=O)c1cc(S(=O)(=O)O)cc(S(=O)(=O)O)c1. The molecule has 8 nitrogen and oxygen atoms in total. The molecule has 0 saturated carbocycles. The van der Waals surface area contributed by atoms with Crippen LogP contribution in [-0.4, -0.2) is 31.8 Å². The molecule has 1 aromatic carbocycles. The molecule has 1 aromatic rings. The second-order valence-corrected chi connectivity index (χ2v) is 5.85. The van der Waals surface area contributed by atoms with E-state index in [2.05, 4.69) is 0 Å². The highest BCUT2D eigenvalue weighted by Gasteiger charge is 2.19. The first-order valence-electron chi connectivity index (χ1n) is 3.91. The Morgan fingerprint density at radius 1 is 0.941 bits per heavy atom. The molecule has 17 heavy (non-hydrogen) atoms. The smallest absolute Gasteiger partial charge is 0.294 e. The average molecular weight is 281 g/mol. The zero-order chi connectivity index (χ0) is 13.4. The molecule has 4 N–H and O–H groups in total. The van der Waals surface area contributed by atoms with Crippen molar-refractivity contribution in [2.45, 2.75) is 9.79 Å². The van der Waals surface area contributed by atoms with Crippen LogP contribution in [0.3, 0.4) is 0 Å². The Kier molecular flexibility index (Phi) is 3.25. The lowest BCUT2D eigenvalue weighted by Crippen LogP contribution is -2.14. The molecule has 0 fully saturated rings. The third-order valence-corrected chi connectivity index (χ3v) is 3.42. The van der Waals surface area contributed by atoms with Gasteiger partial charge in [-0.3, -0.25) is 13.9 Å². The molecule has 0 saturated heterocycles. The summed E-state index contributed by atoms with van der Waals surface area (Å²) in [4.78, 5) is 9.11. The van der Waals surface area contributed by atoms with Crippen LogP contribution in [0.1, 0.15) is 10.4 Å². The van der Waals surface area contributed by atoms with Gasteiger partial charge in [0.1, 0.15) is 0 Å². The molecule has 0 heterocycles. The van der Waals surface area contributed by atoms with E-state index >= 15 is 0 Å². The monoisotopic (exact) mass is 281 g/mol. The highest BCUT2D eigenvalue weighted by Crippen LogP contribution is 2.18. The van der Waals surface area contributed by atoms with Crippen LogP contribution in [0.25, 0.3) is 0 Å². The molecule has 0 aliphatic heterocycles. The van der Waals surface area contributed by atoms with E-state index in [0.717, 1.165) is 0 Å². The van der Waals surface area contributed by atoms with E-state index in [1.807, 2.05) is 0 Å². The molecule has 10 heteroatoms. The maximum absolute atomic E-state index is 10.8. The minimum Gasteiger partial charge on any atom is -0.366 e. The third kappa shape index (κ3) is 3.23. The van der Waals surface area contributed by atoms with E-state index in [0.29, 0.717) is 18.2 Å². The topological polar surface area (TPSA) is 152 Å². The van der Waals surface area contributed by atoms with Crippen LogP contribution >= 0.6 is 0 Å². The molecule has 0 unspecified atom stereocenters. The average Bonchev–Trinajstić information content (AvgIpc) is 2.14. The predicted molar refractivity (Wildman–Crippen MR) is 54.6 cm³/mol. The zero-order valence-electron chi connectivity index (χ0n) is 8.06. The van der Waals surface area contributed by atoms with E-state index in [1.54, 1.807) is 0 Å². The molecule has 0 aliphatic carbocycles. The van der Waals surface area contributed by atoms with Gasteiger partial charge in [0.25, 0.3) is 20.2 Å². The van der Waals surface area contributed by atoms with Gasteiger partial charge in [0.2, 0.25) is 5.91 Å². The van der Waals surface area contributed by atoms with Gasteiger partial charge in [-0.25, -0.2) is 0 Å². The van der Waals surface area contributed by atoms with Crippen molar-refractivity contribution in [2.24, 2.45) is 5.73 Å². The molecule has 0 aromatic heterocycles. The summed E-state index contributed by atoms with van der Waals surface area (Å²) < 4.78 is 60.7. The van der Waals surface area contributed by atoms with Gasteiger partial charge in [0, 0.05) is 5.56 Å². The molecule has 0 atom stereocenters. The van der Waals surface area contributed by atoms with Crippen molar-refractivity contribution >= 4 is 26.1 Å². The standard InChI is InChI=1S/C7H7NO7S2/c8-7(9)4-1-5(16(10,11)12)3-6(2-4)17(13,14)15/h1-3H,(H2,8,9)(H,10,11,12)(H,13,14,15). The van der Waals surface area contributed by atoms with E-state index in [1.165, 1.54) is 0 Å². The van der Waals surface area contributed by atoms with Gasteiger partial charge < -0.3 is 5.73 Å². The fourth-order valence-electron chi connectivity index (χ4n) is 1.01.